The summed E-state index contributed by atoms with van der Waals surface area (Å²) in [5, 5.41) is 0.251. The Morgan fingerprint density at radius 2 is 0.893 bits per heavy atom. The Morgan fingerprint density at radius 1 is 0.560 bits per heavy atom. The third kappa shape index (κ3) is 26.8. The highest BCUT2D eigenvalue weighted by atomic mass is 127. The van der Waals surface area contributed by atoms with Crippen molar-refractivity contribution in [3.05, 3.63) is 69.0 Å². The number of likely N-dealkylation sites (N-methyl/N-ethyl adjacent to an activating group) is 2. The molecule has 0 saturated carbocycles. The molecule has 0 aliphatic heterocycles. The largest absolute Gasteiger partial charge is 0.461 e. The highest BCUT2D eigenvalue weighted by molar-refractivity contribution is 14.1. The molecule has 21 nitrogen and oxygen atoms in total. The molecule has 2 aromatic carbocycles. The molecule has 0 aliphatic carbocycles. The molecule has 75 heavy (non-hydrogen) atoms. The Labute approximate surface area is 531 Å². The maximum absolute atomic E-state index is 13.0. The van der Waals surface area contributed by atoms with Crippen LogP contribution < -0.4 is 28.3 Å². The van der Waals surface area contributed by atoms with Crippen molar-refractivity contribution >= 4 is 239 Å². The molecule has 0 fully saturated rings. The van der Waals surface area contributed by atoms with Crippen molar-refractivity contribution < 1.29 is 66.9 Å². The predicted octanol–water partition coefficient (Wildman–Crippen LogP) is 7.19. The van der Waals surface area contributed by atoms with Crippen LogP contribution >= 0.6 is 170 Å². The molecule has 2 rings (SSSR count). The fraction of sp³-hybridized carbons (Fsp3) is 0.422. The molecule has 2 aromatic rings. The number of nitrogens with one attached hydrogen (secondary N) is 1. The van der Waals surface area contributed by atoms with Gasteiger partial charge in [0, 0.05) is 62.0 Å². The van der Waals surface area contributed by atoms with Crippen LogP contribution in [0.3, 0.4) is 0 Å². The quantitative estimate of drug-likeness (QED) is 0.0183. The number of rotatable bonds is 23. The lowest BCUT2D eigenvalue weighted by molar-refractivity contribution is -0.160. The number of hydrogen-bond donors (Lipinski definition) is 5. The van der Waals surface area contributed by atoms with Crippen molar-refractivity contribution in [2.45, 2.75) is 59.2 Å². The molecule has 2 atom stereocenters. The van der Waals surface area contributed by atoms with E-state index in [9.17, 15) is 47.9 Å². The van der Waals surface area contributed by atoms with Gasteiger partial charge in [0.2, 0.25) is 12.2 Å². The highest BCUT2D eigenvalue weighted by Crippen LogP contribution is 2.38. The van der Waals surface area contributed by atoms with Gasteiger partial charge in [0.1, 0.15) is 13.2 Å². The van der Waals surface area contributed by atoms with Crippen LogP contribution in [0.5, 0.6) is 0 Å². The molecule has 2 unspecified atom stereocenters. The molecule has 3 amide bonds. The Bertz CT molecular complexity index is 2430. The Balaban J connectivity index is 0. The molecule has 30 heteroatoms. The Morgan fingerprint density at radius 3 is 1.23 bits per heavy atom. The van der Waals surface area contributed by atoms with Gasteiger partial charge in [-0.15, -0.1) is 13.2 Å². The van der Waals surface area contributed by atoms with E-state index in [1.165, 1.54) is 16.7 Å². The van der Waals surface area contributed by atoms with E-state index in [-0.39, 0.29) is 41.4 Å². The van der Waals surface area contributed by atoms with Crippen LogP contribution in [0.15, 0.2) is 25.3 Å². The van der Waals surface area contributed by atoms with Gasteiger partial charge in [-0.05, 0) is 215 Å². The number of nitrogen functional groups attached to an aromatic ring is 1. The van der Waals surface area contributed by atoms with E-state index < -0.39 is 70.2 Å². The van der Waals surface area contributed by atoms with Crippen molar-refractivity contribution in [3.63, 3.8) is 0 Å². The van der Waals surface area contributed by atoms with Crippen LogP contribution in [-0.2, 0) is 47.7 Å². The van der Waals surface area contributed by atoms with Crippen LogP contribution in [0.1, 0.15) is 88.4 Å². The van der Waals surface area contributed by atoms with E-state index in [1.54, 1.807) is 26.2 Å². The zero-order valence-corrected chi connectivity index (χ0v) is 56.4. The van der Waals surface area contributed by atoms with Gasteiger partial charge in [0.15, 0.2) is 0 Å². The van der Waals surface area contributed by atoms with Crippen LogP contribution in [0, 0.1) is 27.3 Å². The minimum absolute atomic E-state index is 0.0444. The van der Waals surface area contributed by atoms with Gasteiger partial charge in [-0.3, -0.25) is 47.9 Å². The minimum atomic E-state index is -1.44. The molecule has 9 N–H and O–H groups in total. The highest BCUT2D eigenvalue weighted by Gasteiger charge is 2.32. The number of amides is 3. The smallest absolute Gasteiger partial charge is 0.303 e. The molecule has 0 heterocycles. The van der Waals surface area contributed by atoms with Gasteiger partial charge in [-0.25, -0.2) is 0 Å². The Kier molecular flexibility index (Phi) is 39.6. The molecular formula is C45H56Cl3I6N7O14. The van der Waals surface area contributed by atoms with E-state index in [0.717, 1.165) is 59.7 Å². The van der Waals surface area contributed by atoms with Gasteiger partial charge < -0.3 is 57.0 Å². The summed E-state index contributed by atoms with van der Waals surface area (Å²) in [5.74, 6) is -3.46. The second kappa shape index (κ2) is 39.5. The molecule has 0 saturated heterocycles. The molecule has 0 bridgehead atoms. The molecular weight excluding hydrogens is 1730 g/mol. The maximum atomic E-state index is 13.0. The number of anilines is 2. The molecule has 0 radical (unpaired) electrons. The van der Waals surface area contributed by atoms with E-state index in [4.69, 9.17) is 67.2 Å². The molecule has 0 spiro atoms. The maximum Gasteiger partial charge on any atom is 0.303 e. The summed E-state index contributed by atoms with van der Waals surface area (Å²) in [6, 6.07) is 0. The monoisotopic (exact) mass is 1780 g/mol. The second-order valence-corrected chi connectivity index (χ2v) is 22.4. The second-order valence-electron chi connectivity index (χ2n) is 14.9. The van der Waals surface area contributed by atoms with Gasteiger partial charge >= 0.3 is 23.9 Å². The van der Waals surface area contributed by atoms with Gasteiger partial charge in [0.05, 0.1) is 47.9 Å². The number of carbonyl (C=O) groups excluding carboxylic acids is 10. The van der Waals surface area contributed by atoms with E-state index >= 15 is 0 Å². The zero-order valence-electron chi connectivity index (χ0n) is 41.2. The topological polar surface area (TPSA) is 330 Å². The fourth-order valence-corrected chi connectivity index (χ4v) is 15.2. The van der Waals surface area contributed by atoms with E-state index in [2.05, 4.69) is 27.9 Å². The summed E-state index contributed by atoms with van der Waals surface area (Å²) in [5.41, 5.74) is 23.6. The average molecular weight is 1790 g/mol. The van der Waals surface area contributed by atoms with Crippen molar-refractivity contribution in [1.82, 2.24) is 9.80 Å². The number of esters is 4. The lowest BCUT2D eigenvalue weighted by Gasteiger charge is -2.23. The molecule has 0 aliphatic rings. The Hall–Kier alpha value is -1.85. The standard InChI is InChI=1S/C19H18ClI3N2O7.C12H10ClI3N2O2.C7H9ClO5.C7H19N3/c1-5-6-25(4)19(30)12-13(21)11(17(20)28)14(22)16(15(12)23)24-18(29)10(32-9(3)27)7-31-8(2)26;1-3-4-18(2)12(20)6-7(14)5(11(13)19)8(15)10(17)9(6)16;1-4(9)12-3-6(7(8)11)13-5(2)10;8-4-1-7(2-5-9)3-6-10/h5,10H,1,6-7H2,2-4H3,(H,24,29);3H,1,4,17H2,2H3;6H,3H2,1-2H3;7H,1-6,8-10H2. The van der Waals surface area contributed by atoms with E-state index in [0.29, 0.717) is 45.1 Å². The number of hydrogen-bond acceptors (Lipinski definition) is 18. The van der Waals surface area contributed by atoms with Gasteiger partial charge in [-0.1, -0.05) is 12.2 Å². The summed E-state index contributed by atoms with van der Waals surface area (Å²) in [6.45, 7) is 13.8. The summed E-state index contributed by atoms with van der Waals surface area (Å²) in [7, 11) is 3.22. The molecule has 418 valence electrons. The van der Waals surface area contributed by atoms with Crippen LogP contribution in [0.25, 0.3) is 0 Å². The number of halogens is 9. The number of carbonyl (C=O) groups is 10. The SMILES string of the molecule is C=CCN(C)C(=O)c1c(I)c(N)c(I)c(C(=O)Cl)c1I.C=CCN(C)C(=O)c1c(I)c(NC(=O)C(COC(C)=O)OC(C)=O)c(I)c(C(=O)Cl)c1I.CC(=O)OCC(OC(C)=O)C(=O)Cl.NCCC(CCN)CCN. The summed E-state index contributed by atoms with van der Waals surface area (Å²) >= 11 is 27.9. The third-order valence-electron chi connectivity index (χ3n) is 9.00. The van der Waals surface area contributed by atoms with Crippen molar-refractivity contribution in [2.24, 2.45) is 23.1 Å². The number of benzene rings is 2. The average Bonchev–Trinajstić information content (AvgIpc) is 3.30. The number of ether oxygens (including phenoxy) is 4. The number of nitrogens with zero attached hydrogens (tertiary/aromatic N) is 2. The first kappa shape index (κ1) is 75.2. The van der Waals surface area contributed by atoms with Crippen LogP contribution in [0.2, 0.25) is 0 Å². The normalized spacial score (nSPS) is 11.0. The minimum Gasteiger partial charge on any atom is -0.461 e. The zero-order chi connectivity index (χ0) is 58.6. The lowest BCUT2D eigenvalue weighted by atomic mass is 9.98. The summed E-state index contributed by atoms with van der Waals surface area (Å²) < 4.78 is 21.3. The van der Waals surface area contributed by atoms with Crippen molar-refractivity contribution in [3.8, 4) is 0 Å². The van der Waals surface area contributed by atoms with Gasteiger partial charge in [0.25, 0.3) is 33.4 Å². The van der Waals surface area contributed by atoms with Crippen molar-refractivity contribution in [2.75, 3.05) is 71.1 Å². The van der Waals surface area contributed by atoms with Crippen LogP contribution in [0.4, 0.5) is 11.4 Å². The van der Waals surface area contributed by atoms with Crippen molar-refractivity contribution in [1.29, 1.82) is 0 Å². The fourth-order valence-electron chi connectivity index (χ4n) is 5.55. The number of nitrogens with two attached hydrogens (primary N) is 4. The van der Waals surface area contributed by atoms with Crippen LogP contribution in [-0.4, -0.2) is 139 Å². The predicted molar refractivity (Wildman–Crippen MR) is 337 cm³/mol. The first-order chi connectivity index (χ1) is 34.8. The lowest BCUT2D eigenvalue weighted by Crippen LogP contribution is -2.37. The first-order valence-corrected chi connectivity index (χ1v) is 29.0. The molecule has 0 aromatic heterocycles. The first-order valence-electron chi connectivity index (χ1n) is 21.3. The third-order valence-corrected chi connectivity index (χ3v) is 16.2. The van der Waals surface area contributed by atoms with E-state index in [1.807, 2.05) is 136 Å². The summed E-state index contributed by atoms with van der Waals surface area (Å²) in [4.78, 5) is 119. The van der Waals surface area contributed by atoms with Gasteiger partial charge in [-0.2, -0.15) is 0 Å². The summed E-state index contributed by atoms with van der Waals surface area (Å²) in [6.07, 6.45) is 3.70.